The van der Waals surface area contributed by atoms with E-state index < -0.39 is 10.0 Å². The Labute approximate surface area is 133 Å². The van der Waals surface area contributed by atoms with Gasteiger partial charge in [-0.05, 0) is 23.8 Å². The minimum absolute atomic E-state index is 0.0272. The molecule has 1 aromatic carbocycles. The number of benzene rings is 1. The van der Waals surface area contributed by atoms with Crippen LogP contribution in [0, 0.1) is 0 Å². The van der Waals surface area contributed by atoms with Gasteiger partial charge in [0.15, 0.2) is 5.82 Å². The van der Waals surface area contributed by atoms with E-state index in [4.69, 9.17) is 28.9 Å². The molecule has 2 aromatic rings. The Balaban J connectivity index is 2.30. The lowest BCUT2D eigenvalue weighted by Crippen LogP contribution is -2.26. The number of nitrogens with two attached hydrogens (primary N) is 1. The van der Waals surface area contributed by atoms with E-state index in [0.717, 1.165) is 0 Å². The maximum absolute atomic E-state index is 12.5. The number of rotatable bonds is 4. The van der Waals surface area contributed by atoms with Crippen molar-refractivity contribution in [3.63, 3.8) is 0 Å². The Kier molecular flexibility index (Phi) is 4.48. The van der Waals surface area contributed by atoms with Gasteiger partial charge in [-0.1, -0.05) is 23.2 Å². The Morgan fingerprint density at radius 2 is 1.86 bits per heavy atom. The Morgan fingerprint density at radius 3 is 2.33 bits per heavy atom. The lowest BCUT2D eigenvalue weighted by molar-refractivity contribution is 0.467. The van der Waals surface area contributed by atoms with Crippen molar-refractivity contribution in [1.82, 2.24) is 14.1 Å². The zero-order chi connectivity index (χ0) is 15.8. The molecule has 0 radical (unpaired) electrons. The molecule has 6 nitrogen and oxygen atoms in total. The monoisotopic (exact) mass is 348 g/mol. The van der Waals surface area contributed by atoms with Gasteiger partial charge in [0.1, 0.15) is 4.90 Å². The zero-order valence-electron chi connectivity index (χ0n) is 11.4. The highest BCUT2D eigenvalue weighted by Gasteiger charge is 2.26. The summed E-state index contributed by atoms with van der Waals surface area (Å²) in [4.78, 5) is -0.0272. The van der Waals surface area contributed by atoms with E-state index in [2.05, 4.69) is 5.10 Å². The maximum Gasteiger partial charge on any atom is 0.248 e. The van der Waals surface area contributed by atoms with E-state index in [1.807, 2.05) is 0 Å². The SMILES string of the molecule is CN(Cc1cc(Cl)cc(Cl)c1)S(=O)(=O)c1cn(C)nc1N. The van der Waals surface area contributed by atoms with Crippen molar-refractivity contribution in [2.24, 2.45) is 7.05 Å². The third-order valence-electron chi connectivity index (χ3n) is 2.84. The second kappa shape index (κ2) is 5.84. The highest BCUT2D eigenvalue weighted by Crippen LogP contribution is 2.24. The molecular weight excluding hydrogens is 335 g/mol. The van der Waals surface area contributed by atoms with Crippen LogP contribution in [0.15, 0.2) is 29.3 Å². The fraction of sp³-hybridized carbons (Fsp3) is 0.250. The minimum atomic E-state index is -3.73. The van der Waals surface area contributed by atoms with Gasteiger partial charge in [-0.2, -0.15) is 9.40 Å². The molecule has 0 unspecified atom stereocenters. The molecule has 0 spiro atoms. The van der Waals surface area contributed by atoms with Gasteiger partial charge in [0.05, 0.1) is 0 Å². The first kappa shape index (κ1) is 16.1. The number of nitrogens with zero attached hydrogens (tertiary/aromatic N) is 3. The number of aryl methyl sites for hydroxylation is 1. The minimum Gasteiger partial charge on any atom is -0.381 e. The van der Waals surface area contributed by atoms with E-state index in [9.17, 15) is 8.42 Å². The van der Waals surface area contributed by atoms with Crippen molar-refractivity contribution >= 4 is 39.0 Å². The molecule has 0 saturated carbocycles. The molecule has 21 heavy (non-hydrogen) atoms. The summed E-state index contributed by atoms with van der Waals surface area (Å²) in [6, 6.07) is 4.90. The molecule has 2 N–H and O–H groups in total. The fourth-order valence-electron chi connectivity index (χ4n) is 1.89. The normalized spacial score (nSPS) is 12.0. The van der Waals surface area contributed by atoms with Crippen molar-refractivity contribution in [3.05, 3.63) is 40.0 Å². The van der Waals surface area contributed by atoms with E-state index in [-0.39, 0.29) is 17.3 Å². The lowest BCUT2D eigenvalue weighted by Gasteiger charge is -2.16. The lowest BCUT2D eigenvalue weighted by atomic mass is 10.2. The summed E-state index contributed by atoms with van der Waals surface area (Å²) in [7, 11) is -0.676. The standard InChI is InChI=1S/C12H14Cl2N4O2S/c1-17-7-11(12(15)16-17)21(19,20)18(2)6-8-3-9(13)5-10(14)4-8/h3-5,7H,6H2,1-2H3,(H2,15,16). The van der Waals surface area contributed by atoms with Gasteiger partial charge in [0.25, 0.3) is 0 Å². The highest BCUT2D eigenvalue weighted by atomic mass is 35.5. The predicted octanol–water partition coefficient (Wildman–Crippen LogP) is 2.13. The first-order valence-electron chi connectivity index (χ1n) is 5.90. The summed E-state index contributed by atoms with van der Waals surface area (Å²) in [5.74, 6) is -0.0338. The molecule has 0 aliphatic rings. The zero-order valence-corrected chi connectivity index (χ0v) is 13.7. The van der Waals surface area contributed by atoms with Crippen molar-refractivity contribution in [2.45, 2.75) is 11.4 Å². The topological polar surface area (TPSA) is 81.2 Å². The quantitative estimate of drug-likeness (QED) is 0.917. The molecule has 0 atom stereocenters. The average molecular weight is 349 g/mol. The number of hydrogen-bond donors (Lipinski definition) is 1. The van der Waals surface area contributed by atoms with Gasteiger partial charge in [0, 0.05) is 36.9 Å². The molecule has 0 aliphatic heterocycles. The van der Waals surface area contributed by atoms with Crippen LogP contribution < -0.4 is 5.73 Å². The summed E-state index contributed by atoms with van der Waals surface area (Å²) in [5.41, 5.74) is 6.31. The van der Waals surface area contributed by atoms with Crippen molar-refractivity contribution in [3.8, 4) is 0 Å². The summed E-state index contributed by atoms with van der Waals surface area (Å²) in [6.07, 6.45) is 1.37. The third kappa shape index (κ3) is 3.49. The second-order valence-electron chi connectivity index (χ2n) is 4.59. The van der Waals surface area contributed by atoms with Gasteiger partial charge >= 0.3 is 0 Å². The number of aromatic nitrogens is 2. The Morgan fingerprint density at radius 1 is 1.29 bits per heavy atom. The maximum atomic E-state index is 12.5. The van der Waals surface area contributed by atoms with Crippen LogP contribution in [-0.2, 0) is 23.6 Å². The summed E-state index contributed by atoms with van der Waals surface area (Å²) < 4.78 is 27.5. The van der Waals surface area contributed by atoms with Crippen molar-refractivity contribution in [1.29, 1.82) is 0 Å². The Hall–Kier alpha value is -1.28. The first-order valence-corrected chi connectivity index (χ1v) is 8.10. The van der Waals surface area contributed by atoms with E-state index in [1.54, 1.807) is 25.2 Å². The smallest absolute Gasteiger partial charge is 0.248 e. The molecule has 0 amide bonds. The van der Waals surface area contributed by atoms with Gasteiger partial charge in [-0.25, -0.2) is 8.42 Å². The van der Waals surface area contributed by atoms with Crippen LogP contribution in [0.4, 0.5) is 5.82 Å². The molecule has 0 aliphatic carbocycles. The van der Waals surface area contributed by atoms with Crippen LogP contribution in [-0.4, -0.2) is 29.6 Å². The number of halogens is 2. The molecule has 0 fully saturated rings. The Bertz CT molecular complexity index is 753. The largest absolute Gasteiger partial charge is 0.381 e. The predicted molar refractivity (Wildman–Crippen MR) is 82.7 cm³/mol. The third-order valence-corrected chi connectivity index (χ3v) is 5.09. The summed E-state index contributed by atoms with van der Waals surface area (Å²) in [5, 5.41) is 4.74. The molecule has 2 rings (SSSR count). The molecule has 1 aromatic heterocycles. The van der Waals surface area contributed by atoms with Crippen LogP contribution in [0.5, 0.6) is 0 Å². The van der Waals surface area contributed by atoms with E-state index in [1.165, 1.54) is 22.2 Å². The number of nitrogen functional groups attached to an aromatic ring is 1. The summed E-state index contributed by atoms with van der Waals surface area (Å²) in [6.45, 7) is 0.122. The van der Waals surface area contributed by atoms with Crippen LogP contribution in [0.2, 0.25) is 10.0 Å². The van der Waals surface area contributed by atoms with Crippen LogP contribution in [0.3, 0.4) is 0 Å². The molecule has 1 heterocycles. The molecule has 0 bridgehead atoms. The second-order valence-corrected chi connectivity index (χ2v) is 7.48. The van der Waals surface area contributed by atoms with Crippen molar-refractivity contribution < 1.29 is 8.42 Å². The number of sulfonamides is 1. The van der Waals surface area contributed by atoms with Gasteiger partial charge in [0.2, 0.25) is 10.0 Å². The number of hydrogen-bond acceptors (Lipinski definition) is 4. The molecule has 0 saturated heterocycles. The van der Waals surface area contributed by atoms with Crippen LogP contribution in [0.1, 0.15) is 5.56 Å². The summed E-state index contributed by atoms with van der Waals surface area (Å²) >= 11 is 11.8. The van der Waals surface area contributed by atoms with Gasteiger partial charge < -0.3 is 5.73 Å². The molecule has 114 valence electrons. The van der Waals surface area contributed by atoms with E-state index in [0.29, 0.717) is 15.6 Å². The fourth-order valence-corrected chi connectivity index (χ4v) is 3.71. The van der Waals surface area contributed by atoms with Crippen LogP contribution in [0.25, 0.3) is 0 Å². The highest BCUT2D eigenvalue weighted by molar-refractivity contribution is 7.89. The van der Waals surface area contributed by atoms with E-state index >= 15 is 0 Å². The van der Waals surface area contributed by atoms with Gasteiger partial charge in [-0.15, -0.1) is 0 Å². The van der Waals surface area contributed by atoms with Crippen molar-refractivity contribution in [2.75, 3.05) is 12.8 Å². The average Bonchev–Trinajstić information content (AvgIpc) is 2.67. The van der Waals surface area contributed by atoms with Gasteiger partial charge in [-0.3, -0.25) is 4.68 Å². The van der Waals surface area contributed by atoms with Crippen LogP contribution >= 0.6 is 23.2 Å². The molecule has 9 heteroatoms. The molecular formula is C12H14Cl2N4O2S. The first-order chi connectivity index (χ1) is 9.70. The number of anilines is 1.